The second-order valence-corrected chi connectivity index (χ2v) is 3.89. The van der Waals surface area contributed by atoms with Crippen molar-refractivity contribution in [3.63, 3.8) is 0 Å². The molecule has 0 aliphatic carbocycles. The molecule has 0 aliphatic rings. The molecule has 0 aliphatic heterocycles. The third kappa shape index (κ3) is 3.44. The molecule has 0 fully saturated rings. The fourth-order valence-corrected chi connectivity index (χ4v) is 1.47. The SMILES string of the molecule is COCCN(CCOC)C(=O)c1n[nH]c(C)c1N. The van der Waals surface area contributed by atoms with Crippen molar-refractivity contribution in [1.82, 2.24) is 15.1 Å². The summed E-state index contributed by atoms with van der Waals surface area (Å²) in [6.07, 6.45) is 0. The Kier molecular flexibility index (Phi) is 5.60. The minimum atomic E-state index is -0.217. The lowest BCUT2D eigenvalue weighted by Crippen LogP contribution is -2.37. The summed E-state index contributed by atoms with van der Waals surface area (Å²) in [6, 6.07) is 0. The Bertz CT molecular complexity index is 384. The molecule has 0 bridgehead atoms. The van der Waals surface area contributed by atoms with Crippen LogP contribution in [0.15, 0.2) is 0 Å². The molecule has 7 heteroatoms. The lowest BCUT2D eigenvalue weighted by atomic mass is 10.2. The van der Waals surface area contributed by atoms with Gasteiger partial charge >= 0.3 is 0 Å². The van der Waals surface area contributed by atoms with Crippen molar-refractivity contribution in [2.75, 3.05) is 46.3 Å². The summed E-state index contributed by atoms with van der Waals surface area (Å²) in [7, 11) is 3.18. The number of methoxy groups -OCH3 is 2. The van der Waals surface area contributed by atoms with Gasteiger partial charge in [-0.3, -0.25) is 9.89 Å². The number of nitrogens with one attached hydrogen (secondary N) is 1. The quantitative estimate of drug-likeness (QED) is 0.718. The molecule has 102 valence electrons. The number of carbonyl (C=O) groups is 1. The molecule has 1 amide bonds. The van der Waals surface area contributed by atoms with E-state index >= 15 is 0 Å². The summed E-state index contributed by atoms with van der Waals surface area (Å²) < 4.78 is 9.96. The van der Waals surface area contributed by atoms with Gasteiger partial charge in [-0.05, 0) is 6.92 Å². The van der Waals surface area contributed by atoms with Crippen molar-refractivity contribution < 1.29 is 14.3 Å². The fourth-order valence-electron chi connectivity index (χ4n) is 1.47. The number of amides is 1. The lowest BCUT2D eigenvalue weighted by Gasteiger charge is -2.21. The molecule has 1 aromatic heterocycles. The molecular weight excluding hydrogens is 236 g/mol. The van der Waals surface area contributed by atoms with Crippen LogP contribution in [0.4, 0.5) is 5.69 Å². The van der Waals surface area contributed by atoms with E-state index in [0.717, 1.165) is 0 Å². The van der Waals surface area contributed by atoms with Gasteiger partial charge in [0.15, 0.2) is 5.69 Å². The maximum Gasteiger partial charge on any atom is 0.276 e. The second kappa shape index (κ2) is 6.97. The van der Waals surface area contributed by atoms with Gasteiger partial charge in [-0.15, -0.1) is 0 Å². The van der Waals surface area contributed by atoms with E-state index < -0.39 is 0 Å². The third-order valence-corrected chi connectivity index (χ3v) is 2.61. The Labute approximate surface area is 106 Å². The van der Waals surface area contributed by atoms with Crippen LogP contribution in [0.1, 0.15) is 16.2 Å². The normalized spacial score (nSPS) is 10.6. The number of hydrogen-bond acceptors (Lipinski definition) is 5. The first-order valence-electron chi connectivity index (χ1n) is 5.69. The average Bonchev–Trinajstić information content (AvgIpc) is 2.69. The average molecular weight is 256 g/mol. The largest absolute Gasteiger partial charge is 0.395 e. The zero-order valence-corrected chi connectivity index (χ0v) is 11.0. The first-order chi connectivity index (χ1) is 8.61. The van der Waals surface area contributed by atoms with Gasteiger partial charge in [0.1, 0.15) is 0 Å². The van der Waals surface area contributed by atoms with Crippen molar-refractivity contribution in [2.45, 2.75) is 6.92 Å². The maximum atomic E-state index is 12.2. The van der Waals surface area contributed by atoms with Crippen molar-refractivity contribution in [3.8, 4) is 0 Å². The van der Waals surface area contributed by atoms with Crippen molar-refractivity contribution in [2.24, 2.45) is 0 Å². The summed E-state index contributed by atoms with van der Waals surface area (Å²) in [4.78, 5) is 13.9. The topological polar surface area (TPSA) is 93.5 Å². The Balaban J connectivity index is 2.77. The number of rotatable bonds is 7. The number of ether oxygens (including phenoxy) is 2. The molecular formula is C11H20N4O3. The number of aromatic nitrogens is 2. The molecule has 3 N–H and O–H groups in total. The summed E-state index contributed by atoms with van der Waals surface area (Å²) >= 11 is 0. The predicted molar refractivity (Wildman–Crippen MR) is 67.4 cm³/mol. The number of hydrogen-bond donors (Lipinski definition) is 2. The van der Waals surface area contributed by atoms with E-state index in [-0.39, 0.29) is 11.6 Å². The Morgan fingerprint density at radius 3 is 2.28 bits per heavy atom. The highest BCUT2D eigenvalue weighted by Gasteiger charge is 2.21. The molecule has 0 spiro atoms. The summed E-state index contributed by atoms with van der Waals surface area (Å²) in [5, 5.41) is 6.63. The first kappa shape index (κ1) is 14.5. The Hall–Kier alpha value is -1.60. The van der Waals surface area contributed by atoms with Crippen LogP contribution in [0.5, 0.6) is 0 Å². The third-order valence-electron chi connectivity index (χ3n) is 2.61. The van der Waals surface area contributed by atoms with Gasteiger partial charge in [0.05, 0.1) is 24.6 Å². The van der Waals surface area contributed by atoms with Crippen molar-refractivity contribution in [3.05, 3.63) is 11.4 Å². The van der Waals surface area contributed by atoms with E-state index in [1.165, 1.54) is 0 Å². The van der Waals surface area contributed by atoms with E-state index in [4.69, 9.17) is 15.2 Å². The Morgan fingerprint density at radius 2 is 1.89 bits per heavy atom. The van der Waals surface area contributed by atoms with E-state index in [2.05, 4.69) is 10.2 Å². The molecule has 7 nitrogen and oxygen atoms in total. The molecule has 18 heavy (non-hydrogen) atoms. The van der Waals surface area contributed by atoms with Gasteiger partial charge < -0.3 is 20.1 Å². The van der Waals surface area contributed by atoms with Crippen molar-refractivity contribution in [1.29, 1.82) is 0 Å². The summed E-state index contributed by atoms with van der Waals surface area (Å²) in [5.74, 6) is -0.217. The lowest BCUT2D eigenvalue weighted by molar-refractivity contribution is 0.0623. The summed E-state index contributed by atoms with van der Waals surface area (Å²) in [6.45, 7) is 3.64. The fraction of sp³-hybridized carbons (Fsp3) is 0.636. The molecule has 0 unspecified atom stereocenters. The van der Waals surface area contributed by atoms with Crippen LogP contribution in [0.25, 0.3) is 0 Å². The smallest absolute Gasteiger partial charge is 0.276 e. The second-order valence-electron chi connectivity index (χ2n) is 3.89. The molecule has 1 heterocycles. The van der Waals surface area contributed by atoms with Crippen LogP contribution in [0, 0.1) is 6.92 Å². The summed E-state index contributed by atoms with van der Waals surface area (Å²) in [5.41, 5.74) is 7.12. The number of H-pyrrole nitrogens is 1. The zero-order valence-electron chi connectivity index (χ0n) is 11.0. The monoisotopic (exact) mass is 256 g/mol. The van der Waals surface area contributed by atoms with Crippen molar-refractivity contribution >= 4 is 11.6 Å². The minimum absolute atomic E-state index is 0.217. The Morgan fingerprint density at radius 1 is 1.33 bits per heavy atom. The van der Waals surface area contributed by atoms with E-state index in [0.29, 0.717) is 37.7 Å². The first-order valence-corrected chi connectivity index (χ1v) is 5.69. The van der Waals surface area contributed by atoms with Crippen LogP contribution >= 0.6 is 0 Å². The highest BCUT2D eigenvalue weighted by Crippen LogP contribution is 2.14. The molecule has 0 aromatic carbocycles. The number of aryl methyl sites for hydroxylation is 1. The molecule has 0 saturated heterocycles. The van der Waals surface area contributed by atoms with Gasteiger partial charge in [0, 0.05) is 27.3 Å². The van der Waals surface area contributed by atoms with Gasteiger partial charge in [0.25, 0.3) is 5.91 Å². The van der Waals surface area contributed by atoms with Gasteiger partial charge in [0.2, 0.25) is 0 Å². The number of nitrogens with zero attached hydrogens (tertiary/aromatic N) is 2. The van der Waals surface area contributed by atoms with E-state index in [9.17, 15) is 4.79 Å². The number of anilines is 1. The number of carbonyl (C=O) groups excluding carboxylic acids is 1. The molecule has 0 radical (unpaired) electrons. The molecule has 1 rings (SSSR count). The maximum absolute atomic E-state index is 12.2. The molecule has 1 aromatic rings. The van der Waals surface area contributed by atoms with Gasteiger partial charge in [-0.1, -0.05) is 0 Å². The molecule has 0 atom stereocenters. The number of aromatic amines is 1. The van der Waals surface area contributed by atoms with Crippen LogP contribution in [-0.2, 0) is 9.47 Å². The predicted octanol–water partition coefficient (Wildman–Crippen LogP) is 0.0353. The van der Waals surface area contributed by atoms with Crippen LogP contribution in [0.2, 0.25) is 0 Å². The highest BCUT2D eigenvalue weighted by molar-refractivity contribution is 5.97. The van der Waals surface area contributed by atoms with Gasteiger partial charge in [-0.2, -0.15) is 5.10 Å². The van der Waals surface area contributed by atoms with Crippen LogP contribution < -0.4 is 5.73 Å². The number of nitrogen functional groups attached to an aromatic ring is 1. The van der Waals surface area contributed by atoms with Crippen LogP contribution in [0.3, 0.4) is 0 Å². The number of nitrogens with two attached hydrogens (primary N) is 1. The standard InChI is InChI=1S/C11H20N4O3/c1-8-9(12)10(14-13-8)11(16)15(4-6-17-2)5-7-18-3/h4-7,12H2,1-3H3,(H,13,14). The minimum Gasteiger partial charge on any atom is -0.395 e. The zero-order chi connectivity index (χ0) is 13.5. The van der Waals surface area contributed by atoms with Crippen LogP contribution in [-0.4, -0.2) is 61.5 Å². The van der Waals surface area contributed by atoms with Gasteiger partial charge in [-0.25, -0.2) is 0 Å². The van der Waals surface area contributed by atoms with E-state index in [1.807, 2.05) is 0 Å². The highest BCUT2D eigenvalue weighted by atomic mass is 16.5. The molecule has 0 saturated carbocycles. The van der Waals surface area contributed by atoms with E-state index in [1.54, 1.807) is 26.0 Å².